The van der Waals surface area contributed by atoms with E-state index in [9.17, 15) is 17.6 Å². The maximum atomic E-state index is 14.0. The Morgan fingerprint density at radius 2 is 1.90 bits per heavy atom. The predicted molar refractivity (Wildman–Crippen MR) is 74.0 cm³/mol. The van der Waals surface area contributed by atoms with Crippen LogP contribution in [0.25, 0.3) is 0 Å². The molecule has 0 aliphatic carbocycles. The summed E-state index contributed by atoms with van der Waals surface area (Å²) in [6, 6.07) is 4.39. The molecule has 0 bridgehead atoms. The van der Waals surface area contributed by atoms with Crippen molar-refractivity contribution >= 4 is 15.9 Å². The van der Waals surface area contributed by atoms with Gasteiger partial charge in [-0.15, -0.1) is 0 Å². The average molecular weight is 299 g/mol. The van der Waals surface area contributed by atoms with Crippen LogP contribution in [0.2, 0.25) is 0 Å². The molecule has 1 aliphatic rings. The number of hydrogen-bond acceptors (Lipinski definition) is 3. The fraction of sp³-hybridized carbons (Fsp3) is 0.500. The van der Waals surface area contributed by atoms with E-state index >= 15 is 0 Å². The highest BCUT2D eigenvalue weighted by Crippen LogP contribution is 2.40. The number of sulfonamides is 1. The zero-order valence-corrected chi connectivity index (χ0v) is 12.8. The van der Waals surface area contributed by atoms with Crippen molar-refractivity contribution in [3.8, 4) is 0 Å². The topological polar surface area (TPSA) is 54.5 Å². The lowest BCUT2D eigenvalue weighted by atomic mass is 10.0. The summed E-state index contributed by atoms with van der Waals surface area (Å²) in [6.45, 7) is 6.67. The molecule has 110 valence electrons. The van der Waals surface area contributed by atoms with Gasteiger partial charge >= 0.3 is 0 Å². The third kappa shape index (κ3) is 2.32. The second-order valence-corrected chi connectivity index (χ2v) is 8.06. The number of aryl methyl sites for hydroxylation is 1. The summed E-state index contributed by atoms with van der Waals surface area (Å²) in [5.74, 6) is -1.07. The van der Waals surface area contributed by atoms with Crippen LogP contribution >= 0.6 is 0 Å². The molecule has 20 heavy (non-hydrogen) atoms. The van der Waals surface area contributed by atoms with Gasteiger partial charge in [0, 0.05) is 5.56 Å². The van der Waals surface area contributed by atoms with Gasteiger partial charge in [0.1, 0.15) is 11.1 Å². The molecule has 2 rings (SSSR count). The summed E-state index contributed by atoms with van der Waals surface area (Å²) in [5.41, 5.74) is -0.0670. The van der Waals surface area contributed by atoms with Crippen molar-refractivity contribution in [2.45, 2.75) is 44.9 Å². The lowest BCUT2D eigenvalue weighted by Gasteiger charge is -2.30. The summed E-state index contributed by atoms with van der Waals surface area (Å²) in [6.07, 6.45) is -0.209. The van der Waals surface area contributed by atoms with Crippen molar-refractivity contribution in [1.29, 1.82) is 0 Å². The largest absolute Gasteiger partial charge is 0.274 e. The van der Waals surface area contributed by atoms with Crippen LogP contribution in [-0.2, 0) is 14.8 Å². The molecular formula is C14H18FNO3S. The number of halogens is 1. The van der Waals surface area contributed by atoms with Crippen LogP contribution in [0.5, 0.6) is 0 Å². The minimum atomic E-state index is -3.88. The Morgan fingerprint density at radius 1 is 1.30 bits per heavy atom. The third-order valence-corrected chi connectivity index (χ3v) is 5.71. The van der Waals surface area contributed by atoms with E-state index in [2.05, 4.69) is 0 Å². The standard InChI is InChI=1S/C14H18FNO3S/c1-9-5-6-10(11(15)7-9)12-8-13(17)16(14(2,3)4)20(12,18)19/h5-7,12H,8H2,1-4H3. The molecule has 0 aromatic heterocycles. The second-order valence-electron chi connectivity index (χ2n) is 6.09. The van der Waals surface area contributed by atoms with Gasteiger partial charge in [0.15, 0.2) is 0 Å². The first-order valence-corrected chi connectivity index (χ1v) is 7.88. The summed E-state index contributed by atoms with van der Waals surface area (Å²) in [7, 11) is -3.88. The van der Waals surface area contributed by atoms with E-state index in [4.69, 9.17) is 0 Å². The van der Waals surface area contributed by atoms with Gasteiger partial charge < -0.3 is 0 Å². The third-order valence-electron chi connectivity index (χ3n) is 3.31. The fourth-order valence-electron chi connectivity index (χ4n) is 2.54. The molecule has 1 unspecified atom stereocenters. The van der Waals surface area contributed by atoms with Crippen LogP contribution in [0.1, 0.15) is 43.6 Å². The highest BCUT2D eigenvalue weighted by molar-refractivity contribution is 7.90. The number of hydrogen-bond donors (Lipinski definition) is 0. The summed E-state index contributed by atoms with van der Waals surface area (Å²) < 4.78 is 39.9. The smallest absolute Gasteiger partial charge is 0.245 e. The van der Waals surface area contributed by atoms with Gasteiger partial charge in [-0.2, -0.15) is 0 Å². The number of carbonyl (C=O) groups is 1. The van der Waals surface area contributed by atoms with E-state index < -0.39 is 32.5 Å². The molecular weight excluding hydrogens is 281 g/mol. The molecule has 6 heteroatoms. The van der Waals surface area contributed by atoms with Crippen LogP contribution in [0.3, 0.4) is 0 Å². The molecule has 0 radical (unpaired) electrons. The zero-order chi connectivity index (χ0) is 15.3. The lowest BCUT2D eigenvalue weighted by Crippen LogP contribution is -2.45. The minimum absolute atomic E-state index is 0.0655. The van der Waals surface area contributed by atoms with Gasteiger partial charge in [-0.1, -0.05) is 12.1 Å². The Morgan fingerprint density at radius 3 is 2.35 bits per heavy atom. The van der Waals surface area contributed by atoms with E-state index in [1.807, 2.05) is 0 Å². The Balaban J connectivity index is 2.53. The van der Waals surface area contributed by atoms with E-state index in [0.29, 0.717) is 5.56 Å². The van der Waals surface area contributed by atoms with Gasteiger partial charge in [-0.05, 0) is 39.3 Å². The van der Waals surface area contributed by atoms with E-state index in [0.717, 1.165) is 4.31 Å². The monoisotopic (exact) mass is 299 g/mol. The Hall–Kier alpha value is -1.43. The van der Waals surface area contributed by atoms with Gasteiger partial charge in [-0.25, -0.2) is 17.1 Å². The highest BCUT2D eigenvalue weighted by Gasteiger charge is 2.50. The van der Waals surface area contributed by atoms with Crippen molar-refractivity contribution in [3.63, 3.8) is 0 Å². The van der Waals surface area contributed by atoms with Crippen molar-refractivity contribution in [2.75, 3.05) is 0 Å². The molecule has 1 heterocycles. The Labute approximate surface area is 118 Å². The van der Waals surface area contributed by atoms with Crippen LogP contribution in [-0.4, -0.2) is 24.2 Å². The van der Waals surface area contributed by atoms with Crippen molar-refractivity contribution in [3.05, 3.63) is 35.1 Å². The van der Waals surface area contributed by atoms with Gasteiger partial charge in [0.2, 0.25) is 15.9 Å². The number of nitrogens with zero attached hydrogens (tertiary/aromatic N) is 1. The predicted octanol–water partition coefficient (Wildman–Crippen LogP) is 2.54. The number of benzene rings is 1. The maximum Gasteiger partial charge on any atom is 0.245 e. The van der Waals surface area contributed by atoms with Crippen LogP contribution in [0.15, 0.2) is 18.2 Å². The molecule has 1 saturated heterocycles. The van der Waals surface area contributed by atoms with Crippen molar-refractivity contribution < 1.29 is 17.6 Å². The molecule has 0 saturated carbocycles. The Bertz CT molecular complexity index is 661. The lowest BCUT2D eigenvalue weighted by molar-refractivity contribution is -0.128. The molecule has 4 nitrogen and oxygen atoms in total. The maximum absolute atomic E-state index is 14.0. The average Bonchev–Trinajstić information content (AvgIpc) is 2.47. The quantitative estimate of drug-likeness (QED) is 0.800. The first kappa shape index (κ1) is 15.0. The fourth-order valence-corrected chi connectivity index (χ4v) is 4.78. The van der Waals surface area contributed by atoms with Gasteiger partial charge in [0.05, 0.1) is 12.0 Å². The van der Waals surface area contributed by atoms with Crippen molar-refractivity contribution in [2.24, 2.45) is 0 Å². The van der Waals surface area contributed by atoms with Crippen LogP contribution in [0, 0.1) is 12.7 Å². The number of rotatable bonds is 1. The minimum Gasteiger partial charge on any atom is -0.274 e. The Kier molecular flexibility index (Phi) is 3.40. The van der Waals surface area contributed by atoms with Crippen LogP contribution < -0.4 is 0 Å². The second kappa shape index (κ2) is 4.55. The summed E-state index contributed by atoms with van der Waals surface area (Å²) in [5, 5.41) is -1.13. The highest BCUT2D eigenvalue weighted by atomic mass is 32.2. The van der Waals surface area contributed by atoms with Crippen LogP contribution in [0.4, 0.5) is 4.39 Å². The SMILES string of the molecule is Cc1ccc(C2CC(=O)N(C(C)(C)C)S2(=O)=O)c(F)c1. The molecule has 1 aromatic carbocycles. The first-order valence-electron chi connectivity index (χ1n) is 6.38. The summed E-state index contributed by atoms with van der Waals surface area (Å²) in [4.78, 5) is 12.0. The molecule has 0 N–H and O–H groups in total. The van der Waals surface area contributed by atoms with E-state index in [1.165, 1.54) is 12.1 Å². The van der Waals surface area contributed by atoms with Gasteiger partial charge in [-0.3, -0.25) is 4.79 Å². The summed E-state index contributed by atoms with van der Waals surface area (Å²) >= 11 is 0. The van der Waals surface area contributed by atoms with E-state index in [1.54, 1.807) is 33.8 Å². The zero-order valence-electron chi connectivity index (χ0n) is 12.0. The molecule has 1 aromatic rings. The molecule has 1 fully saturated rings. The van der Waals surface area contributed by atoms with E-state index in [-0.39, 0.29) is 12.0 Å². The molecule has 0 spiro atoms. The van der Waals surface area contributed by atoms with Gasteiger partial charge in [0.25, 0.3) is 0 Å². The normalized spacial score (nSPS) is 22.4. The molecule has 1 amide bonds. The number of carbonyl (C=O) groups excluding carboxylic acids is 1. The first-order chi connectivity index (χ1) is 9.05. The number of amides is 1. The molecule has 1 atom stereocenters. The van der Waals surface area contributed by atoms with Crippen molar-refractivity contribution in [1.82, 2.24) is 4.31 Å². The molecule has 1 aliphatic heterocycles.